The van der Waals surface area contributed by atoms with Crippen LogP contribution in [0.25, 0.3) is 22.4 Å². The average Bonchev–Trinajstić information content (AvgIpc) is 3.29. The van der Waals surface area contributed by atoms with Crippen molar-refractivity contribution in [2.75, 3.05) is 6.54 Å². The average molecular weight is 416 g/mol. The SMILES string of the molecule is Clc1cccc(C2NCCC3C(Cc4cccc(-c5[nH]nc6ncccc56)n4)C23)c1. The third kappa shape index (κ3) is 3.09. The Bertz CT molecular complexity index is 1220. The minimum absolute atomic E-state index is 0.387. The molecule has 1 aromatic carbocycles. The molecule has 6 rings (SSSR count). The lowest BCUT2D eigenvalue weighted by Crippen LogP contribution is -2.29. The fourth-order valence-electron chi connectivity index (χ4n) is 5.26. The van der Waals surface area contributed by atoms with Crippen LogP contribution in [0.3, 0.4) is 0 Å². The Morgan fingerprint density at radius 1 is 1.07 bits per heavy atom. The van der Waals surface area contributed by atoms with E-state index < -0.39 is 0 Å². The molecule has 30 heavy (non-hydrogen) atoms. The Kier molecular flexibility index (Phi) is 4.32. The lowest BCUT2D eigenvalue weighted by molar-refractivity contribution is 0.388. The standard InChI is InChI=1S/C24H22ClN5/c25-15-5-1-4-14(12-15)22-21-17(9-11-26-22)19(21)13-16-6-2-8-20(28-16)23-18-7-3-10-27-24(18)30-29-23/h1-8,10,12,17,19,21-22,26H,9,11,13H2,(H,27,29,30). The van der Waals surface area contributed by atoms with Gasteiger partial charge in [0.2, 0.25) is 0 Å². The van der Waals surface area contributed by atoms with Crippen LogP contribution >= 0.6 is 11.6 Å². The molecule has 3 aromatic heterocycles. The molecule has 0 bridgehead atoms. The molecule has 2 aliphatic rings. The van der Waals surface area contributed by atoms with Crippen molar-refractivity contribution in [2.24, 2.45) is 17.8 Å². The first-order valence-electron chi connectivity index (χ1n) is 10.5. The van der Waals surface area contributed by atoms with Crippen molar-refractivity contribution in [3.05, 3.63) is 77.1 Å². The predicted molar refractivity (Wildman–Crippen MR) is 118 cm³/mol. The molecule has 4 aromatic rings. The summed E-state index contributed by atoms with van der Waals surface area (Å²) >= 11 is 6.25. The van der Waals surface area contributed by atoms with E-state index in [1.165, 1.54) is 12.0 Å². The molecular formula is C24H22ClN5. The van der Waals surface area contributed by atoms with Gasteiger partial charge in [-0.05, 0) is 79.1 Å². The van der Waals surface area contributed by atoms with Gasteiger partial charge in [0.1, 0.15) is 0 Å². The molecule has 6 heteroatoms. The Labute approximate surface area is 179 Å². The molecule has 1 saturated heterocycles. The highest BCUT2D eigenvalue weighted by Crippen LogP contribution is 2.58. The molecule has 4 unspecified atom stereocenters. The fraction of sp³-hybridized carbons (Fsp3) is 0.292. The molecule has 0 radical (unpaired) electrons. The van der Waals surface area contributed by atoms with Crippen LogP contribution in [0.5, 0.6) is 0 Å². The highest BCUT2D eigenvalue weighted by molar-refractivity contribution is 6.30. The van der Waals surface area contributed by atoms with E-state index in [1.807, 2.05) is 24.3 Å². The quantitative estimate of drug-likeness (QED) is 0.501. The molecular weight excluding hydrogens is 394 g/mol. The maximum atomic E-state index is 6.25. The van der Waals surface area contributed by atoms with Crippen molar-refractivity contribution >= 4 is 22.6 Å². The summed E-state index contributed by atoms with van der Waals surface area (Å²) in [7, 11) is 0. The van der Waals surface area contributed by atoms with Gasteiger partial charge < -0.3 is 5.32 Å². The molecule has 1 aliphatic heterocycles. The van der Waals surface area contributed by atoms with Crippen molar-refractivity contribution in [3.63, 3.8) is 0 Å². The van der Waals surface area contributed by atoms with Gasteiger partial charge in [-0.3, -0.25) is 10.1 Å². The van der Waals surface area contributed by atoms with Gasteiger partial charge in [0.25, 0.3) is 0 Å². The second-order valence-electron chi connectivity index (χ2n) is 8.37. The maximum absolute atomic E-state index is 6.25. The summed E-state index contributed by atoms with van der Waals surface area (Å²) in [5.41, 5.74) is 5.03. The van der Waals surface area contributed by atoms with E-state index in [0.29, 0.717) is 17.9 Å². The summed E-state index contributed by atoms with van der Waals surface area (Å²) in [5, 5.41) is 13.0. The van der Waals surface area contributed by atoms with Crippen LogP contribution in [0, 0.1) is 17.8 Å². The number of aromatic nitrogens is 4. The van der Waals surface area contributed by atoms with Crippen molar-refractivity contribution in [1.29, 1.82) is 0 Å². The number of fused-ring (bicyclic) bond motifs is 2. The molecule has 1 saturated carbocycles. The zero-order chi connectivity index (χ0) is 20.1. The second kappa shape index (κ2) is 7.18. The first-order chi connectivity index (χ1) is 14.8. The molecule has 0 amide bonds. The summed E-state index contributed by atoms with van der Waals surface area (Å²) in [6.45, 7) is 1.06. The van der Waals surface area contributed by atoms with E-state index in [4.69, 9.17) is 16.6 Å². The van der Waals surface area contributed by atoms with Crippen molar-refractivity contribution in [2.45, 2.75) is 18.9 Å². The minimum atomic E-state index is 0.387. The van der Waals surface area contributed by atoms with E-state index in [2.05, 4.69) is 50.8 Å². The van der Waals surface area contributed by atoms with Crippen LogP contribution < -0.4 is 5.32 Å². The Morgan fingerprint density at radius 2 is 2.00 bits per heavy atom. The number of nitrogens with one attached hydrogen (secondary N) is 2. The van der Waals surface area contributed by atoms with Crippen LogP contribution in [0.4, 0.5) is 0 Å². The monoisotopic (exact) mass is 415 g/mol. The molecule has 2 N–H and O–H groups in total. The highest BCUT2D eigenvalue weighted by atomic mass is 35.5. The minimum Gasteiger partial charge on any atom is -0.310 e. The first kappa shape index (κ1) is 18.0. The van der Waals surface area contributed by atoms with Crippen LogP contribution in [0.15, 0.2) is 60.8 Å². The van der Waals surface area contributed by atoms with Gasteiger partial charge in [0.05, 0.1) is 11.4 Å². The zero-order valence-corrected chi connectivity index (χ0v) is 17.2. The predicted octanol–water partition coefficient (Wildman–Crippen LogP) is 4.81. The topological polar surface area (TPSA) is 66.5 Å². The Morgan fingerprint density at radius 3 is 2.93 bits per heavy atom. The Balaban J connectivity index is 1.25. The van der Waals surface area contributed by atoms with E-state index in [0.717, 1.165) is 52.0 Å². The van der Waals surface area contributed by atoms with Crippen LogP contribution in [0.2, 0.25) is 5.02 Å². The van der Waals surface area contributed by atoms with E-state index in [1.54, 1.807) is 6.20 Å². The number of halogens is 1. The summed E-state index contributed by atoms with van der Waals surface area (Å²) < 4.78 is 0. The number of nitrogens with zero attached hydrogens (tertiary/aromatic N) is 3. The van der Waals surface area contributed by atoms with Gasteiger partial charge in [-0.15, -0.1) is 0 Å². The van der Waals surface area contributed by atoms with Gasteiger partial charge >= 0.3 is 0 Å². The number of hydrogen-bond donors (Lipinski definition) is 2. The normalized spacial score (nSPS) is 25.2. The summed E-state index contributed by atoms with van der Waals surface area (Å²) in [4.78, 5) is 9.29. The molecule has 5 nitrogen and oxygen atoms in total. The molecule has 0 spiro atoms. The van der Waals surface area contributed by atoms with E-state index >= 15 is 0 Å². The number of pyridine rings is 2. The number of benzene rings is 1. The molecule has 150 valence electrons. The van der Waals surface area contributed by atoms with Gasteiger partial charge in [-0.1, -0.05) is 29.8 Å². The van der Waals surface area contributed by atoms with Gasteiger partial charge in [0, 0.05) is 28.3 Å². The third-order valence-electron chi connectivity index (χ3n) is 6.67. The molecule has 2 fully saturated rings. The van der Waals surface area contributed by atoms with Crippen LogP contribution in [-0.2, 0) is 6.42 Å². The van der Waals surface area contributed by atoms with Gasteiger partial charge in [0.15, 0.2) is 5.65 Å². The lowest BCUT2D eigenvalue weighted by Gasteiger charge is -2.23. The van der Waals surface area contributed by atoms with Crippen molar-refractivity contribution < 1.29 is 0 Å². The molecule has 4 heterocycles. The number of piperidine rings is 1. The number of rotatable bonds is 4. The number of aromatic amines is 1. The second-order valence-corrected chi connectivity index (χ2v) is 8.81. The van der Waals surface area contributed by atoms with Crippen molar-refractivity contribution in [3.8, 4) is 11.4 Å². The number of hydrogen-bond acceptors (Lipinski definition) is 4. The summed E-state index contributed by atoms with van der Waals surface area (Å²) in [6.07, 6.45) is 4.01. The summed E-state index contributed by atoms with van der Waals surface area (Å²) in [6, 6.07) is 18.9. The molecule has 1 aliphatic carbocycles. The zero-order valence-electron chi connectivity index (χ0n) is 16.4. The largest absolute Gasteiger partial charge is 0.310 e. The summed E-state index contributed by atoms with van der Waals surface area (Å²) in [5.74, 6) is 2.07. The third-order valence-corrected chi connectivity index (χ3v) is 6.90. The van der Waals surface area contributed by atoms with Crippen LogP contribution in [0.1, 0.15) is 23.7 Å². The Hall–Kier alpha value is -2.76. The van der Waals surface area contributed by atoms with Crippen LogP contribution in [-0.4, -0.2) is 26.7 Å². The fourth-order valence-corrected chi connectivity index (χ4v) is 5.46. The molecule has 4 atom stereocenters. The van der Waals surface area contributed by atoms with Gasteiger partial charge in [-0.2, -0.15) is 5.10 Å². The van der Waals surface area contributed by atoms with E-state index in [-0.39, 0.29) is 0 Å². The van der Waals surface area contributed by atoms with Gasteiger partial charge in [-0.25, -0.2) is 4.98 Å². The van der Waals surface area contributed by atoms with E-state index in [9.17, 15) is 0 Å². The smallest absolute Gasteiger partial charge is 0.181 e. The van der Waals surface area contributed by atoms with Crippen molar-refractivity contribution in [1.82, 2.24) is 25.5 Å². The maximum Gasteiger partial charge on any atom is 0.181 e. The number of H-pyrrole nitrogens is 1. The lowest BCUT2D eigenvalue weighted by atomic mass is 9.97. The first-order valence-corrected chi connectivity index (χ1v) is 10.9. The highest BCUT2D eigenvalue weighted by Gasteiger charge is 2.55.